The van der Waals surface area contributed by atoms with Crippen LogP contribution in [0.4, 0.5) is 11.4 Å². The highest BCUT2D eigenvalue weighted by Crippen LogP contribution is 2.34. The molecule has 1 N–H and O–H groups in total. The van der Waals surface area contributed by atoms with Gasteiger partial charge in [0.15, 0.2) is 0 Å². The van der Waals surface area contributed by atoms with E-state index in [4.69, 9.17) is 0 Å². The van der Waals surface area contributed by atoms with Crippen LogP contribution in [-0.4, -0.2) is 30.8 Å². The fourth-order valence-corrected chi connectivity index (χ4v) is 4.01. The van der Waals surface area contributed by atoms with Crippen LogP contribution in [-0.2, 0) is 4.74 Å². The number of esters is 1. The predicted octanol–water partition coefficient (Wildman–Crippen LogP) is 4.68. The molecule has 1 aliphatic heterocycles. The van der Waals surface area contributed by atoms with Crippen molar-refractivity contribution >= 4 is 45.8 Å². The number of hydrogen-bond donors (Lipinski definition) is 1. The Hall–Kier alpha value is -4.78. The Morgan fingerprint density at radius 1 is 0.765 bits per heavy atom. The van der Waals surface area contributed by atoms with Crippen molar-refractivity contribution in [2.45, 2.75) is 0 Å². The number of benzene rings is 4. The third-order valence-electron chi connectivity index (χ3n) is 5.72. The van der Waals surface area contributed by atoms with Crippen LogP contribution in [0.15, 0.2) is 84.9 Å². The SMILES string of the molecule is COC(=O)c1ccc(NC(=O)c2ccc3c(c2)C(=O)N(c2cccc4ccccc24)C3=O)cc1. The molecule has 166 valence electrons. The number of ether oxygens (including phenoxy) is 1. The maximum atomic E-state index is 13.2. The van der Waals surface area contributed by atoms with Crippen molar-refractivity contribution in [2.24, 2.45) is 0 Å². The number of carbonyl (C=O) groups is 4. The van der Waals surface area contributed by atoms with Crippen LogP contribution in [0.2, 0.25) is 0 Å². The molecule has 1 aliphatic rings. The summed E-state index contributed by atoms with van der Waals surface area (Å²) in [6.45, 7) is 0. The lowest BCUT2D eigenvalue weighted by Crippen LogP contribution is -2.29. The molecule has 3 amide bonds. The molecule has 0 fully saturated rings. The normalized spacial score (nSPS) is 12.6. The van der Waals surface area contributed by atoms with Crippen molar-refractivity contribution in [3.63, 3.8) is 0 Å². The summed E-state index contributed by atoms with van der Waals surface area (Å²) in [5.41, 5.74) is 1.98. The van der Waals surface area contributed by atoms with Crippen molar-refractivity contribution in [3.8, 4) is 0 Å². The molecule has 0 aromatic heterocycles. The average Bonchev–Trinajstić information content (AvgIpc) is 3.12. The quantitative estimate of drug-likeness (QED) is 0.360. The Kier molecular flexibility index (Phi) is 5.14. The molecule has 0 unspecified atom stereocenters. The van der Waals surface area contributed by atoms with Gasteiger partial charge in [-0.05, 0) is 53.9 Å². The van der Waals surface area contributed by atoms with Crippen LogP contribution in [0.5, 0.6) is 0 Å². The summed E-state index contributed by atoms with van der Waals surface area (Å²) in [5.74, 6) is -1.83. The second kappa shape index (κ2) is 8.29. The van der Waals surface area contributed by atoms with Gasteiger partial charge in [-0.3, -0.25) is 14.4 Å². The summed E-state index contributed by atoms with van der Waals surface area (Å²) >= 11 is 0. The summed E-state index contributed by atoms with van der Waals surface area (Å²) in [6, 6.07) is 23.6. The molecule has 5 rings (SSSR count). The van der Waals surface area contributed by atoms with Crippen molar-refractivity contribution in [2.75, 3.05) is 17.3 Å². The van der Waals surface area contributed by atoms with Gasteiger partial charge in [0.05, 0.1) is 29.5 Å². The maximum Gasteiger partial charge on any atom is 0.337 e. The van der Waals surface area contributed by atoms with E-state index in [-0.39, 0.29) is 16.7 Å². The largest absolute Gasteiger partial charge is 0.465 e. The van der Waals surface area contributed by atoms with E-state index in [2.05, 4.69) is 10.1 Å². The summed E-state index contributed by atoms with van der Waals surface area (Å²) in [4.78, 5) is 51.9. The zero-order chi connectivity index (χ0) is 23.8. The zero-order valence-electron chi connectivity index (χ0n) is 18.1. The molecular formula is C27H18N2O5. The summed E-state index contributed by atoms with van der Waals surface area (Å²) in [7, 11) is 1.29. The molecule has 0 spiro atoms. The first kappa shape index (κ1) is 21.1. The molecule has 0 radical (unpaired) electrons. The van der Waals surface area contributed by atoms with E-state index in [1.54, 1.807) is 24.3 Å². The van der Waals surface area contributed by atoms with Gasteiger partial charge in [-0.15, -0.1) is 0 Å². The number of amides is 3. The summed E-state index contributed by atoms with van der Waals surface area (Å²) in [6.07, 6.45) is 0. The van der Waals surface area contributed by atoms with Crippen LogP contribution in [0.25, 0.3) is 10.8 Å². The molecule has 4 aromatic carbocycles. The lowest BCUT2D eigenvalue weighted by atomic mass is 10.1. The van der Waals surface area contributed by atoms with Gasteiger partial charge in [-0.25, -0.2) is 9.69 Å². The molecule has 7 nitrogen and oxygen atoms in total. The van der Waals surface area contributed by atoms with Gasteiger partial charge in [0, 0.05) is 16.6 Å². The first-order chi connectivity index (χ1) is 16.5. The van der Waals surface area contributed by atoms with E-state index in [1.165, 1.54) is 37.4 Å². The lowest BCUT2D eigenvalue weighted by molar-refractivity contribution is 0.0600. The molecule has 4 aromatic rings. The van der Waals surface area contributed by atoms with Crippen LogP contribution >= 0.6 is 0 Å². The Labute approximate surface area is 194 Å². The number of nitrogens with zero attached hydrogens (tertiary/aromatic N) is 1. The number of nitrogens with one attached hydrogen (secondary N) is 1. The Morgan fingerprint density at radius 2 is 1.44 bits per heavy atom. The van der Waals surface area contributed by atoms with Gasteiger partial charge in [0.1, 0.15) is 0 Å². The molecule has 0 bridgehead atoms. The standard InChI is InChI=1S/C27H18N2O5/c1-34-27(33)17-9-12-19(13-10-17)28-24(30)18-11-14-21-22(15-18)26(32)29(25(21)31)23-8-4-6-16-5-2-3-7-20(16)23/h2-15H,1H3,(H,28,30). The molecule has 0 saturated carbocycles. The summed E-state index contributed by atoms with van der Waals surface area (Å²) < 4.78 is 4.66. The number of hydrogen-bond acceptors (Lipinski definition) is 5. The minimum atomic E-state index is -0.478. The Balaban J connectivity index is 1.43. The van der Waals surface area contributed by atoms with Gasteiger partial charge in [-0.2, -0.15) is 0 Å². The van der Waals surface area contributed by atoms with Gasteiger partial charge < -0.3 is 10.1 Å². The van der Waals surface area contributed by atoms with E-state index < -0.39 is 23.7 Å². The highest BCUT2D eigenvalue weighted by Gasteiger charge is 2.37. The van der Waals surface area contributed by atoms with Gasteiger partial charge >= 0.3 is 5.97 Å². The first-order valence-electron chi connectivity index (χ1n) is 10.5. The summed E-state index contributed by atoms with van der Waals surface area (Å²) in [5, 5.41) is 4.42. The van der Waals surface area contributed by atoms with Gasteiger partial charge in [0.2, 0.25) is 0 Å². The number of imide groups is 1. The Bertz CT molecular complexity index is 1490. The molecule has 0 atom stereocenters. The number of fused-ring (bicyclic) bond motifs is 2. The minimum Gasteiger partial charge on any atom is -0.465 e. The molecule has 1 heterocycles. The van der Waals surface area contributed by atoms with E-state index >= 15 is 0 Å². The third kappa shape index (κ3) is 3.49. The second-order valence-corrected chi connectivity index (χ2v) is 7.73. The first-order valence-corrected chi connectivity index (χ1v) is 10.5. The van der Waals surface area contributed by atoms with Crippen molar-refractivity contribution in [1.82, 2.24) is 0 Å². The highest BCUT2D eigenvalue weighted by atomic mass is 16.5. The van der Waals surface area contributed by atoms with Crippen molar-refractivity contribution in [3.05, 3.63) is 107 Å². The van der Waals surface area contributed by atoms with Gasteiger partial charge in [0.25, 0.3) is 17.7 Å². The van der Waals surface area contributed by atoms with Crippen LogP contribution in [0.3, 0.4) is 0 Å². The van der Waals surface area contributed by atoms with Gasteiger partial charge in [-0.1, -0.05) is 36.4 Å². The highest BCUT2D eigenvalue weighted by molar-refractivity contribution is 6.36. The smallest absolute Gasteiger partial charge is 0.337 e. The van der Waals surface area contributed by atoms with Crippen LogP contribution in [0.1, 0.15) is 41.4 Å². The molecule has 0 aliphatic carbocycles. The fraction of sp³-hybridized carbons (Fsp3) is 0.0370. The molecule has 34 heavy (non-hydrogen) atoms. The van der Waals surface area contributed by atoms with Crippen molar-refractivity contribution in [1.29, 1.82) is 0 Å². The lowest BCUT2D eigenvalue weighted by Gasteiger charge is -2.16. The topological polar surface area (TPSA) is 92.8 Å². The van der Waals surface area contributed by atoms with E-state index in [0.29, 0.717) is 16.9 Å². The molecular weight excluding hydrogens is 432 g/mol. The third-order valence-corrected chi connectivity index (χ3v) is 5.72. The monoisotopic (exact) mass is 450 g/mol. The van der Waals surface area contributed by atoms with Crippen LogP contribution in [0, 0.1) is 0 Å². The molecule has 0 saturated heterocycles. The second-order valence-electron chi connectivity index (χ2n) is 7.73. The fourth-order valence-electron chi connectivity index (χ4n) is 4.01. The predicted molar refractivity (Wildman–Crippen MR) is 127 cm³/mol. The van der Waals surface area contributed by atoms with E-state index in [1.807, 2.05) is 30.3 Å². The molecule has 7 heteroatoms. The number of carbonyl (C=O) groups excluding carboxylic acids is 4. The maximum absolute atomic E-state index is 13.2. The zero-order valence-corrected chi connectivity index (χ0v) is 18.1. The van der Waals surface area contributed by atoms with E-state index in [0.717, 1.165) is 15.7 Å². The Morgan fingerprint density at radius 3 is 2.21 bits per heavy atom. The number of anilines is 2. The number of rotatable bonds is 4. The van der Waals surface area contributed by atoms with Crippen LogP contribution < -0.4 is 10.2 Å². The average molecular weight is 450 g/mol. The number of methoxy groups -OCH3 is 1. The van der Waals surface area contributed by atoms with E-state index in [9.17, 15) is 19.2 Å². The van der Waals surface area contributed by atoms with Crippen molar-refractivity contribution < 1.29 is 23.9 Å². The minimum absolute atomic E-state index is 0.173.